The molecule has 1 saturated heterocycles. The second-order valence-corrected chi connectivity index (χ2v) is 5.56. The van der Waals surface area contributed by atoms with Crippen molar-refractivity contribution < 1.29 is 4.79 Å². The van der Waals surface area contributed by atoms with Gasteiger partial charge in [-0.3, -0.25) is 9.59 Å². The first kappa shape index (κ1) is 16.2. The summed E-state index contributed by atoms with van der Waals surface area (Å²) in [6, 6.07) is 0.355. The smallest absolute Gasteiger partial charge is 0.307 e. The van der Waals surface area contributed by atoms with E-state index in [0.29, 0.717) is 19.0 Å². The van der Waals surface area contributed by atoms with Crippen molar-refractivity contribution >= 4 is 29.7 Å². The van der Waals surface area contributed by atoms with Crippen molar-refractivity contribution in [2.24, 2.45) is 0 Å². The molecule has 0 saturated carbocycles. The van der Waals surface area contributed by atoms with Crippen molar-refractivity contribution in [1.29, 1.82) is 0 Å². The maximum absolute atomic E-state index is 12.0. The van der Waals surface area contributed by atoms with Crippen LogP contribution in [0, 0.1) is 6.92 Å². The van der Waals surface area contributed by atoms with Crippen LogP contribution < -0.4 is 10.2 Å². The number of carbonyl (C=O) groups is 1. The van der Waals surface area contributed by atoms with Gasteiger partial charge in [0.15, 0.2) is 0 Å². The van der Waals surface area contributed by atoms with Gasteiger partial charge in [0.25, 0.3) is 0 Å². The summed E-state index contributed by atoms with van der Waals surface area (Å²) in [7, 11) is 0. The number of amides is 1. The SMILES string of the molecule is Cc1csc(=O)n1CCC(=O)N1CCNC(C)C1.Cl. The molecule has 1 unspecified atom stereocenters. The third-order valence-electron chi connectivity index (χ3n) is 3.25. The molecular formula is C12H20ClN3O2S. The average molecular weight is 306 g/mol. The molecule has 0 radical (unpaired) electrons. The zero-order valence-electron chi connectivity index (χ0n) is 11.2. The molecular weight excluding hydrogens is 286 g/mol. The fourth-order valence-corrected chi connectivity index (χ4v) is 2.96. The molecule has 2 heterocycles. The highest BCUT2D eigenvalue weighted by molar-refractivity contribution is 7.07. The van der Waals surface area contributed by atoms with Crippen LogP contribution in [0.25, 0.3) is 0 Å². The Balaban J connectivity index is 0.00000180. The Hall–Kier alpha value is -0.850. The molecule has 2 rings (SSSR count). The summed E-state index contributed by atoms with van der Waals surface area (Å²) < 4.78 is 1.67. The molecule has 0 spiro atoms. The van der Waals surface area contributed by atoms with Gasteiger partial charge < -0.3 is 14.8 Å². The quantitative estimate of drug-likeness (QED) is 0.901. The maximum Gasteiger partial charge on any atom is 0.307 e. The number of hydrogen-bond acceptors (Lipinski definition) is 4. The van der Waals surface area contributed by atoms with Crippen molar-refractivity contribution in [2.75, 3.05) is 19.6 Å². The molecule has 1 N–H and O–H groups in total. The van der Waals surface area contributed by atoms with E-state index >= 15 is 0 Å². The number of hydrogen-bond donors (Lipinski definition) is 1. The van der Waals surface area contributed by atoms with E-state index in [2.05, 4.69) is 12.2 Å². The summed E-state index contributed by atoms with van der Waals surface area (Å²) in [5.41, 5.74) is 0.937. The minimum atomic E-state index is 0. The highest BCUT2D eigenvalue weighted by Crippen LogP contribution is 2.05. The van der Waals surface area contributed by atoms with E-state index in [1.54, 1.807) is 4.57 Å². The Morgan fingerprint density at radius 3 is 2.89 bits per heavy atom. The summed E-state index contributed by atoms with van der Waals surface area (Å²) in [5.74, 6) is 0.140. The van der Waals surface area contributed by atoms with Gasteiger partial charge in [0.2, 0.25) is 5.91 Å². The molecule has 0 bridgehead atoms. The first-order chi connectivity index (χ1) is 8.58. The van der Waals surface area contributed by atoms with E-state index in [1.165, 1.54) is 11.3 Å². The highest BCUT2D eigenvalue weighted by Gasteiger charge is 2.20. The highest BCUT2D eigenvalue weighted by atomic mass is 35.5. The van der Waals surface area contributed by atoms with Crippen LogP contribution >= 0.6 is 23.7 Å². The molecule has 1 aliphatic heterocycles. The average Bonchev–Trinajstić information content (AvgIpc) is 2.66. The van der Waals surface area contributed by atoms with Crippen molar-refractivity contribution in [1.82, 2.24) is 14.8 Å². The minimum absolute atomic E-state index is 0. The zero-order valence-corrected chi connectivity index (χ0v) is 12.9. The number of halogens is 1. The van der Waals surface area contributed by atoms with Gasteiger partial charge in [-0.1, -0.05) is 11.3 Å². The summed E-state index contributed by atoms with van der Waals surface area (Å²) in [5, 5.41) is 5.14. The monoisotopic (exact) mass is 305 g/mol. The number of carbonyl (C=O) groups excluding carboxylic acids is 1. The normalized spacial score (nSPS) is 19.1. The van der Waals surface area contributed by atoms with Crippen LogP contribution in [0.5, 0.6) is 0 Å². The lowest BCUT2D eigenvalue weighted by Crippen LogP contribution is -2.51. The second kappa shape index (κ2) is 7.07. The largest absolute Gasteiger partial charge is 0.340 e. The zero-order chi connectivity index (χ0) is 13.1. The van der Waals surface area contributed by atoms with Crippen molar-refractivity contribution in [2.45, 2.75) is 32.9 Å². The van der Waals surface area contributed by atoms with Crippen LogP contribution in [0.4, 0.5) is 0 Å². The van der Waals surface area contributed by atoms with Gasteiger partial charge in [0.1, 0.15) is 0 Å². The summed E-state index contributed by atoms with van der Waals surface area (Å²) in [4.78, 5) is 25.5. The molecule has 1 amide bonds. The van der Waals surface area contributed by atoms with Gasteiger partial charge in [-0.25, -0.2) is 0 Å². The predicted molar refractivity (Wildman–Crippen MR) is 79.2 cm³/mol. The number of nitrogens with one attached hydrogen (secondary N) is 1. The molecule has 1 fully saturated rings. The lowest BCUT2D eigenvalue weighted by molar-refractivity contribution is -0.132. The molecule has 5 nitrogen and oxygen atoms in total. The van der Waals surface area contributed by atoms with Crippen LogP contribution in [0.2, 0.25) is 0 Å². The molecule has 7 heteroatoms. The van der Waals surface area contributed by atoms with Crippen molar-refractivity contribution in [3.8, 4) is 0 Å². The van der Waals surface area contributed by atoms with Crippen LogP contribution in [0.15, 0.2) is 10.2 Å². The Morgan fingerprint density at radius 2 is 2.32 bits per heavy atom. The Labute approximate surface area is 123 Å². The van der Waals surface area contributed by atoms with Crippen LogP contribution in [-0.4, -0.2) is 41.1 Å². The Morgan fingerprint density at radius 1 is 1.58 bits per heavy atom. The van der Waals surface area contributed by atoms with Crippen LogP contribution in [0.1, 0.15) is 19.0 Å². The van der Waals surface area contributed by atoms with E-state index in [0.717, 1.165) is 25.3 Å². The fraction of sp³-hybridized carbons (Fsp3) is 0.667. The second-order valence-electron chi connectivity index (χ2n) is 4.74. The van der Waals surface area contributed by atoms with Gasteiger partial charge in [-0.2, -0.15) is 0 Å². The molecule has 1 aliphatic rings. The number of aryl methyl sites for hydroxylation is 1. The maximum atomic E-state index is 12.0. The Kier molecular flexibility index (Phi) is 6.03. The molecule has 1 aromatic heterocycles. The number of aromatic nitrogens is 1. The van der Waals surface area contributed by atoms with E-state index < -0.39 is 0 Å². The summed E-state index contributed by atoms with van der Waals surface area (Å²) in [6.45, 7) is 6.84. The van der Waals surface area contributed by atoms with Crippen molar-refractivity contribution in [3.63, 3.8) is 0 Å². The molecule has 1 atom stereocenters. The van der Waals surface area contributed by atoms with E-state index in [1.807, 2.05) is 17.2 Å². The molecule has 108 valence electrons. The Bertz CT molecular complexity index is 486. The first-order valence-corrected chi connectivity index (χ1v) is 7.12. The molecule has 0 aliphatic carbocycles. The van der Waals surface area contributed by atoms with Crippen LogP contribution in [0.3, 0.4) is 0 Å². The van der Waals surface area contributed by atoms with E-state index in [9.17, 15) is 9.59 Å². The molecule has 19 heavy (non-hydrogen) atoms. The third kappa shape index (κ3) is 4.06. The standard InChI is InChI=1S/C12H19N3O2S.ClH/c1-9-7-14(6-4-13-9)11(16)3-5-15-10(2)8-18-12(15)17;/h8-9,13H,3-7H2,1-2H3;1H. The number of nitrogens with zero attached hydrogens (tertiary/aromatic N) is 2. The summed E-state index contributed by atoms with van der Waals surface area (Å²) >= 11 is 1.19. The topological polar surface area (TPSA) is 54.3 Å². The predicted octanol–water partition coefficient (Wildman–Crippen LogP) is 0.850. The third-order valence-corrected chi connectivity index (χ3v) is 4.13. The number of rotatable bonds is 3. The number of thiazole rings is 1. The van der Waals surface area contributed by atoms with Crippen molar-refractivity contribution in [3.05, 3.63) is 20.7 Å². The summed E-state index contributed by atoms with van der Waals surface area (Å²) in [6.07, 6.45) is 0.407. The van der Waals surface area contributed by atoms with Gasteiger partial charge in [0.05, 0.1) is 0 Å². The van der Waals surface area contributed by atoms with Gasteiger partial charge in [-0.05, 0) is 13.8 Å². The van der Waals surface area contributed by atoms with Gasteiger partial charge in [-0.15, -0.1) is 12.4 Å². The first-order valence-electron chi connectivity index (χ1n) is 6.24. The van der Waals surface area contributed by atoms with E-state index in [4.69, 9.17) is 0 Å². The fourth-order valence-electron chi connectivity index (χ4n) is 2.20. The molecule has 1 aromatic rings. The minimum Gasteiger partial charge on any atom is -0.340 e. The lowest BCUT2D eigenvalue weighted by Gasteiger charge is -2.32. The molecule has 0 aromatic carbocycles. The lowest BCUT2D eigenvalue weighted by atomic mass is 10.2. The number of piperazine rings is 1. The van der Waals surface area contributed by atoms with Gasteiger partial charge in [0, 0.05) is 49.7 Å². The van der Waals surface area contributed by atoms with E-state index in [-0.39, 0.29) is 23.2 Å². The van der Waals surface area contributed by atoms with Crippen LogP contribution in [-0.2, 0) is 11.3 Å². The van der Waals surface area contributed by atoms with Gasteiger partial charge >= 0.3 is 4.87 Å².